The number of aliphatic carboxylic acids is 3. The molecule has 3 aromatic heterocycles. The number of hydrogen-bond donors (Lipinski definition) is 20. The van der Waals surface area contributed by atoms with Gasteiger partial charge in [0.05, 0.1) is 49.0 Å². The predicted octanol–water partition coefficient (Wildman–Crippen LogP) is 1.12. The van der Waals surface area contributed by atoms with Gasteiger partial charge in [-0.25, -0.2) is 4.98 Å². The Bertz CT molecular complexity index is 4590. The molecular formula is C81H113N17O21S4. The number of nitrogens with one attached hydrogen (secondary N) is 16. The molecule has 0 radical (unpaired) electrons. The van der Waals surface area contributed by atoms with Crippen LogP contribution in [-0.4, -0.2) is 254 Å². The zero-order valence-corrected chi connectivity index (χ0v) is 73.5. The molecule has 2 fully saturated rings. The van der Waals surface area contributed by atoms with E-state index >= 15 is 24.0 Å². The minimum Gasteiger partial charge on any atom is -0.481 e. The first-order valence-electron chi connectivity index (χ1n) is 40.4. The Morgan fingerprint density at radius 3 is 1.50 bits per heavy atom. The van der Waals surface area contributed by atoms with Gasteiger partial charge in [-0.15, -0.1) is 0 Å². The molecule has 42 heteroatoms. The number of carboxylic acids is 3. The van der Waals surface area contributed by atoms with Crippen LogP contribution in [0.3, 0.4) is 0 Å². The Morgan fingerprint density at radius 1 is 0.496 bits per heavy atom. The van der Waals surface area contributed by atoms with Crippen LogP contribution in [0, 0.1) is 29.6 Å². The number of carboxylic acid groups (broad SMARTS) is 3. The summed E-state index contributed by atoms with van der Waals surface area (Å²) < 4.78 is 0. The van der Waals surface area contributed by atoms with Gasteiger partial charge in [0, 0.05) is 107 Å². The number of hydrogen-bond acceptors (Lipinski definition) is 24. The van der Waals surface area contributed by atoms with Crippen LogP contribution in [0.25, 0.3) is 21.8 Å². The first-order chi connectivity index (χ1) is 58.0. The van der Waals surface area contributed by atoms with Gasteiger partial charge in [0.2, 0.25) is 70.9 Å². The van der Waals surface area contributed by atoms with Crippen molar-refractivity contribution in [3.8, 4) is 0 Å². The van der Waals surface area contributed by atoms with Crippen LogP contribution in [0.1, 0.15) is 138 Å². The number of nitrogens with zero attached hydrogens (tertiary/aromatic N) is 1. The molecule has 5 heterocycles. The third-order valence-electron chi connectivity index (χ3n) is 20.0. The summed E-state index contributed by atoms with van der Waals surface area (Å²) in [5, 5.41) is 77.5. The smallest absolute Gasteiger partial charge is 0.307 e. The molecule has 2 bridgehead atoms. The van der Waals surface area contributed by atoms with E-state index < -0.39 is 252 Å². The maximum absolute atomic E-state index is 15.5. The number of benzene rings is 2. The largest absolute Gasteiger partial charge is 0.481 e. The fraction of sp³-hybridized carbons (Fsp3) is 0.556. The van der Waals surface area contributed by atoms with Gasteiger partial charge < -0.3 is 104 Å². The van der Waals surface area contributed by atoms with E-state index in [-0.39, 0.29) is 61.1 Å². The summed E-state index contributed by atoms with van der Waals surface area (Å²) in [5.41, 5.74) is 1.60. The summed E-state index contributed by atoms with van der Waals surface area (Å²) in [6, 6.07) is -5.37. The number of aliphatic hydroxyl groups is 1. The number of para-hydroxylation sites is 2. The Kier molecular flexibility index (Phi) is 38.3. The molecule has 2 aliphatic rings. The molecule has 20 N–H and O–H groups in total. The number of carbonyl (C=O) groups is 17. The fourth-order valence-electron chi connectivity index (χ4n) is 13.6. The molecule has 38 nitrogen and oxygen atoms in total. The van der Waals surface area contributed by atoms with Crippen molar-refractivity contribution in [2.75, 3.05) is 29.6 Å². The Labute approximate surface area is 726 Å². The molecule has 2 saturated heterocycles. The highest BCUT2D eigenvalue weighted by Crippen LogP contribution is 2.30. The number of Topliss-reactive ketones (excluding diaryl/α,β-unsaturated/α-hetero) is 2. The first kappa shape index (κ1) is 99.5. The summed E-state index contributed by atoms with van der Waals surface area (Å²) in [6.07, 6.45) is -0.663. The van der Waals surface area contributed by atoms with E-state index in [0.717, 1.165) is 50.1 Å². The number of aromatic amines is 3. The molecular weight excluding hydrogens is 1680 g/mol. The second-order valence-electron chi connectivity index (χ2n) is 32.8. The molecule has 12 amide bonds. The van der Waals surface area contributed by atoms with Gasteiger partial charge >= 0.3 is 17.9 Å². The molecule has 672 valence electrons. The number of rotatable bonds is 19. The van der Waals surface area contributed by atoms with Crippen LogP contribution in [0.5, 0.6) is 0 Å². The van der Waals surface area contributed by atoms with Gasteiger partial charge in [0.25, 0.3) is 0 Å². The Morgan fingerprint density at radius 2 is 0.976 bits per heavy atom. The van der Waals surface area contributed by atoms with Crippen molar-refractivity contribution < 1.29 is 102 Å². The third-order valence-corrected chi connectivity index (χ3v) is 24.9. The fourth-order valence-corrected chi connectivity index (χ4v) is 18.4. The van der Waals surface area contributed by atoms with Crippen molar-refractivity contribution in [1.82, 2.24) is 89.1 Å². The number of amides is 12. The van der Waals surface area contributed by atoms with E-state index in [4.69, 9.17) is 0 Å². The summed E-state index contributed by atoms with van der Waals surface area (Å²) in [7, 11) is 3.50. The molecule has 0 saturated carbocycles. The van der Waals surface area contributed by atoms with E-state index in [2.05, 4.69) is 89.1 Å². The Balaban J connectivity index is 1.37. The van der Waals surface area contributed by atoms with Crippen LogP contribution in [0.4, 0.5) is 0 Å². The lowest BCUT2D eigenvalue weighted by Gasteiger charge is -2.29. The standard InChI is InChI=1S/C81H113N17O21S4/c1-39(2)22-54-71(109)85-33-64(102)88-53(20-21-65(103)104)72(110)91-55(23-40(3)4)76(114)96-67(41(5)6)79(117)93-57(25-46-31-84-52-19-15-13-17-50(46)52)74(112)95-61-37-123-122-36-60(77(115)87-42(7)69(107)89-56(24-45-30-83-51-18-14-12-16-49(45)51)73(111)92-58(75(113)90-54)29-48-32-82-38-86-48)94-70(108)44(28-66(105)106)26-62(100)59(98-81(9,10)11)35-121-120-34-47(80(118)119)27-63(101)68(43(8)99)97-78(61)116/h12-19,30-32,38-44,47,53-61,67-68,83-84,98-99H,20-29,33-37H2,1-11H3,(H,82,86)(H,85,109)(H,87,115)(H,88,102)(H,89,107)(H,90,113)(H,91,110)(H,92,111)(H,93,117)(H,94,108)(H,95,112)(H,96,114)(H,97,116)(H,103,104)(H,105,106)(H,118,119)/t42-,43+,44-,47-,53-,54-,55-,56-,57-,58-,59-,60-,61-,67-,68?/m0/s1. The van der Waals surface area contributed by atoms with Crippen LogP contribution in [0.15, 0.2) is 73.4 Å². The van der Waals surface area contributed by atoms with Gasteiger partial charge in [-0.05, 0) is 94.9 Å². The highest BCUT2D eigenvalue weighted by molar-refractivity contribution is 8.77. The van der Waals surface area contributed by atoms with E-state index in [1.165, 1.54) is 19.4 Å². The van der Waals surface area contributed by atoms with E-state index in [0.29, 0.717) is 32.9 Å². The van der Waals surface area contributed by atoms with Gasteiger partial charge in [-0.1, -0.05) is 121 Å². The first-order valence-corrected chi connectivity index (χ1v) is 45.4. The van der Waals surface area contributed by atoms with E-state index in [1.807, 2.05) is 0 Å². The van der Waals surface area contributed by atoms with Crippen molar-refractivity contribution in [3.05, 3.63) is 90.3 Å². The minimum atomic E-state index is -1.85. The van der Waals surface area contributed by atoms with Crippen molar-refractivity contribution in [2.24, 2.45) is 29.6 Å². The lowest BCUT2D eigenvalue weighted by atomic mass is 9.93. The van der Waals surface area contributed by atoms with Crippen LogP contribution < -0.4 is 69.1 Å². The maximum Gasteiger partial charge on any atom is 0.307 e. The third kappa shape index (κ3) is 31.6. The highest BCUT2D eigenvalue weighted by atomic mass is 33.1. The van der Waals surface area contributed by atoms with Gasteiger partial charge in [-0.2, -0.15) is 0 Å². The van der Waals surface area contributed by atoms with E-state index in [9.17, 15) is 78.0 Å². The molecule has 2 aromatic carbocycles. The molecule has 7 rings (SSSR count). The zero-order chi connectivity index (χ0) is 90.7. The molecule has 123 heavy (non-hydrogen) atoms. The molecule has 1 unspecified atom stereocenters. The quantitative estimate of drug-likeness (QED) is 0.0515. The van der Waals surface area contributed by atoms with Crippen LogP contribution >= 0.6 is 43.2 Å². The summed E-state index contributed by atoms with van der Waals surface area (Å²) in [5.74, 6) is -24.5. The zero-order valence-electron chi connectivity index (χ0n) is 70.2. The monoisotopic (exact) mass is 1790 g/mol. The normalized spacial score (nSPS) is 25.6. The number of aromatic nitrogens is 4. The number of ketones is 2. The Hall–Kier alpha value is -10.6. The van der Waals surface area contributed by atoms with Crippen molar-refractivity contribution in [1.29, 1.82) is 0 Å². The summed E-state index contributed by atoms with van der Waals surface area (Å²) in [6.45, 7) is 16.7. The number of H-pyrrole nitrogens is 3. The second-order valence-corrected chi connectivity index (χ2v) is 37.9. The number of aliphatic hydroxyl groups excluding tert-OH is 1. The number of fused-ring (bicyclic) bond motifs is 7. The lowest BCUT2D eigenvalue weighted by Crippen LogP contribution is -2.61. The highest BCUT2D eigenvalue weighted by Gasteiger charge is 2.41. The topological polar surface area (TPSA) is 588 Å². The predicted molar refractivity (Wildman–Crippen MR) is 461 cm³/mol. The molecule has 0 aliphatic carbocycles. The molecule has 0 spiro atoms. The summed E-state index contributed by atoms with van der Waals surface area (Å²) >= 11 is 0. The van der Waals surface area contributed by atoms with E-state index in [1.54, 1.807) is 123 Å². The molecule has 2 aliphatic heterocycles. The van der Waals surface area contributed by atoms with Gasteiger partial charge in [0.15, 0.2) is 11.6 Å². The average molecular weight is 1790 g/mol. The number of carbonyl (C=O) groups excluding carboxylic acids is 14. The average Bonchev–Trinajstić information content (AvgIpc) is 1.70. The van der Waals surface area contributed by atoms with Crippen molar-refractivity contribution >= 4 is 165 Å². The van der Waals surface area contributed by atoms with Crippen molar-refractivity contribution in [2.45, 2.75) is 225 Å². The number of imidazole rings is 1. The van der Waals surface area contributed by atoms with Gasteiger partial charge in [0.1, 0.15) is 66.5 Å². The van der Waals surface area contributed by atoms with Crippen LogP contribution in [0.2, 0.25) is 0 Å². The van der Waals surface area contributed by atoms with Gasteiger partial charge in [-0.3, -0.25) is 81.5 Å². The maximum atomic E-state index is 15.5. The van der Waals surface area contributed by atoms with Crippen molar-refractivity contribution in [3.63, 3.8) is 0 Å². The van der Waals surface area contributed by atoms with Crippen LogP contribution in [-0.2, 0) is 101 Å². The second kappa shape index (κ2) is 47.3. The lowest BCUT2D eigenvalue weighted by molar-refractivity contribution is -0.143. The summed E-state index contributed by atoms with van der Waals surface area (Å²) in [4.78, 5) is 258. The SMILES string of the molecule is CC(C)C[C@@H]1NC(=O)[C@H](Cc2c[nH]cn2)NC(=O)[C@H](Cc2c[nH]c3ccccc23)NC(=O)[C@H](C)NC(=O)[C@@H]2CSSC[C@H](NC(=O)[C@H](Cc3c[nH]c4ccccc34)NC(=O)[C@H](C(C)C)NC(=O)[C@H](CC(C)C)NC(=O)[C@H](CCC(=O)O)NC(=O)CNC1=O)C(=O)NC([C@@H](C)O)C(=O)C[C@H](C(=O)O)CSSC[C@H](NC(C)(C)C)C(=O)C[C@@H](CC(=O)O)C(=O)N2. The molecule has 15 atom stereocenters. The minimum absolute atomic E-state index is 0.0667. The molecule has 5 aromatic rings.